The first kappa shape index (κ1) is 12.6. The molecule has 1 aromatic carbocycles. The molecule has 0 heterocycles. The third-order valence-electron chi connectivity index (χ3n) is 3.62. The van der Waals surface area contributed by atoms with Crippen LogP contribution in [0.4, 0.5) is 0 Å². The van der Waals surface area contributed by atoms with Crippen LogP contribution >= 0.6 is 0 Å². The molecule has 0 bridgehead atoms. The quantitative estimate of drug-likeness (QED) is 0.819. The van der Waals surface area contributed by atoms with E-state index in [-0.39, 0.29) is 12.6 Å². The minimum Gasteiger partial charge on any atom is -0.395 e. The Morgan fingerprint density at radius 2 is 1.82 bits per heavy atom. The van der Waals surface area contributed by atoms with E-state index in [9.17, 15) is 5.11 Å². The lowest BCUT2D eigenvalue weighted by Gasteiger charge is -2.27. The Morgan fingerprint density at radius 1 is 1.12 bits per heavy atom. The normalized spacial score (nSPS) is 19.1. The molecule has 1 fully saturated rings. The predicted octanol–water partition coefficient (Wildman–Crippen LogP) is 2.51. The van der Waals surface area contributed by atoms with Crippen molar-refractivity contribution in [1.82, 2.24) is 5.32 Å². The van der Waals surface area contributed by atoms with Gasteiger partial charge in [0.2, 0.25) is 0 Å². The predicted molar refractivity (Wildman–Crippen MR) is 71.0 cm³/mol. The second kappa shape index (κ2) is 6.77. The van der Waals surface area contributed by atoms with E-state index in [1.807, 2.05) is 6.07 Å². The molecule has 1 aliphatic rings. The van der Waals surface area contributed by atoms with Crippen LogP contribution in [0.15, 0.2) is 30.3 Å². The Morgan fingerprint density at radius 3 is 2.47 bits per heavy atom. The number of aliphatic hydroxyl groups is 1. The Kier molecular flexibility index (Phi) is 5.02. The molecular formula is C15H23NO. The molecule has 1 aromatic rings. The van der Waals surface area contributed by atoms with Gasteiger partial charge in [0, 0.05) is 12.1 Å². The number of hydrogen-bond donors (Lipinski definition) is 2. The van der Waals surface area contributed by atoms with Crippen molar-refractivity contribution in [2.24, 2.45) is 0 Å². The molecular weight excluding hydrogens is 210 g/mol. The monoisotopic (exact) mass is 233 g/mol. The highest BCUT2D eigenvalue weighted by molar-refractivity contribution is 5.15. The summed E-state index contributed by atoms with van der Waals surface area (Å²) in [6.45, 7) is 0.228. The molecule has 0 spiro atoms. The van der Waals surface area contributed by atoms with Crippen molar-refractivity contribution < 1.29 is 5.11 Å². The topological polar surface area (TPSA) is 32.3 Å². The maximum atomic E-state index is 9.46. The Balaban J connectivity index is 1.83. The summed E-state index contributed by atoms with van der Waals surface area (Å²) in [5.74, 6) is 0. The zero-order valence-corrected chi connectivity index (χ0v) is 10.4. The highest BCUT2D eigenvalue weighted by Gasteiger charge is 2.17. The summed E-state index contributed by atoms with van der Waals surface area (Å²) in [7, 11) is 0. The van der Waals surface area contributed by atoms with E-state index in [0.717, 1.165) is 6.42 Å². The summed E-state index contributed by atoms with van der Waals surface area (Å²) >= 11 is 0. The second-order valence-corrected chi connectivity index (χ2v) is 5.07. The van der Waals surface area contributed by atoms with Gasteiger partial charge in [-0.3, -0.25) is 0 Å². The van der Waals surface area contributed by atoms with E-state index < -0.39 is 0 Å². The fourth-order valence-electron chi connectivity index (χ4n) is 2.68. The van der Waals surface area contributed by atoms with E-state index in [4.69, 9.17) is 0 Å². The van der Waals surface area contributed by atoms with Crippen molar-refractivity contribution in [2.75, 3.05) is 6.61 Å². The smallest absolute Gasteiger partial charge is 0.0587 e. The first-order valence-corrected chi connectivity index (χ1v) is 6.79. The van der Waals surface area contributed by atoms with Crippen LogP contribution in [0.2, 0.25) is 0 Å². The zero-order valence-electron chi connectivity index (χ0n) is 10.4. The molecule has 0 saturated heterocycles. The van der Waals surface area contributed by atoms with Gasteiger partial charge in [-0.25, -0.2) is 0 Å². The molecule has 0 amide bonds. The number of hydrogen-bond acceptors (Lipinski definition) is 2. The van der Waals surface area contributed by atoms with Gasteiger partial charge in [0.05, 0.1) is 6.61 Å². The van der Waals surface area contributed by atoms with Gasteiger partial charge in [-0.2, -0.15) is 0 Å². The van der Waals surface area contributed by atoms with Gasteiger partial charge in [0.1, 0.15) is 0 Å². The van der Waals surface area contributed by atoms with E-state index in [1.165, 1.54) is 37.7 Å². The number of aliphatic hydroxyl groups excluding tert-OH is 1. The summed E-state index contributed by atoms with van der Waals surface area (Å²) in [4.78, 5) is 0. The summed E-state index contributed by atoms with van der Waals surface area (Å²) in [6.07, 6.45) is 7.51. The summed E-state index contributed by atoms with van der Waals surface area (Å²) in [6, 6.07) is 11.2. The summed E-state index contributed by atoms with van der Waals surface area (Å²) in [5.41, 5.74) is 1.30. The summed E-state index contributed by atoms with van der Waals surface area (Å²) in [5, 5.41) is 13.1. The van der Waals surface area contributed by atoms with Gasteiger partial charge < -0.3 is 10.4 Å². The average Bonchev–Trinajstić information content (AvgIpc) is 2.40. The molecule has 1 saturated carbocycles. The fraction of sp³-hybridized carbons (Fsp3) is 0.600. The van der Waals surface area contributed by atoms with Gasteiger partial charge in [-0.15, -0.1) is 0 Å². The van der Waals surface area contributed by atoms with Crippen molar-refractivity contribution in [3.8, 4) is 0 Å². The van der Waals surface area contributed by atoms with E-state index in [2.05, 4.69) is 29.6 Å². The number of benzene rings is 1. The lowest BCUT2D eigenvalue weighted by Crippen LogP contribution is -2.42. The first-order chi connectivity index (χ1) is 8.38. The van der Waals surface area contributed by atoms with E-state index in [0.29, 0.717) is 6.04 Å². The van der Waals surface area contributed by atoms with Crippen molar-refractivity contribution in [3.05, 3.63) is 35.9 Å². The molecule has 1 atom stereocenters. The third-order valence-corrected chi connectivity index (χ3v) is 3.62. The molecule has 2 nitrogen and oxygen atoms in total. The maximum absolute atomic E-state index is 9.46. The first-order valence-electron chi connectivity index (χ1n) is 6.79. The Labute approximate surface area is 104 Å². The zero-order chi connectivity index (χ0) is 11.9. The number of nitrogens with one attached hydrogen (secondary N) is 1. The second-order valence-electron chi connectivity index (χ2n) is 5.07. The molecule has 1 unspecified atom stereocenters. The largest absolute Gasteiger partial charge is 0.395 e. The highest BCUT2D eigenvalue weighted by atomic mass is 16.3. The van der Waals surface area contributed by atoms with Crippen molar-refractivity contribution in [1.29, 1.82) is 0 Å². The van der Waals surface area contributed by atoms with Crippen molar-refractivity contribution in [2.45, 2.75) is 50.6 Å². The van der Waals surface area contributed by atoms with Crippen LogP contribution in [0.25, 0.3) is 0 Å². The molecule has 2 rings (SSSR count). The molecule has 17 heavy (non-hydrogen) atoms. The third kappa shape index (κ3) is 4.14. The van der Waals surface area contributed by atoms with Gasteiger partial charge in [0.25, 0.3) is 0 Å². The molecule has 0 aromatic heterocycles. The van der Waals surface area contributed by atoms with Crippen LogP contribution in [0.5, 0.6) is 0 Å². The van der Waals surface area contributed by atoms with Crippen LogP contribution in [-0.4, -0.2) is 23.8 Å². The Hall–Kier alpha value is -0.860. The van der Waals surface area contributed by atoms with E-state index in [1.54, 1.807) is 0 Å². The van der Waals surface area contributed by atoms with Crippen LogP contribution in [0, 0.1) is 0 Å². The molecule has 94 valence electrons. The maximum Gasteiger partial charge on any atom is 0.0587 e. The molecule has 2 heteroatoms. The average molecular weight is 233 g/mol. The SMILES string of the molecule is OCC(Cc1ccccc1)NC1CCCCC1. The van der Waals surface area contributed by atoms with Gasteiger partial charge in [-0.1, -0.05) is 49.6 Å². The Bertz CT molecular complexity index is 306. The standard InChI is InChI=1S/C15H23NO/c17-12-15(11-13-7-3-1-4-8-13)16-14-9-5-2-6-10-14/h1,3-4,7-8,14-17H,2,5-6,9-12H2. The minimum absolute atomic E-state index is 0.209. The van der Waals surface area contributed by atoms with E-state index >= 15 is 0 Å². The molecule has 0 aliphatic heterocycles. The van der Waals surface area contributed by atoms with Crippen LogP contribution < -0.4 is 5.32 Å². The van der Waals surface area contributed by atoms with Gasteiger partial charge in [-0.05, 0) is 24.8 Å². The fourth-order valence-corrected chi connectivity index (χ4v) is 2.68. The lowest BCUT2D eigenvalue weighted by molar-refractivity contribution is 0.218. The number of rotatable bonds is 5. The molecule has 2 N–H and O–H groups in total. The van der Waals surface area contributed by atoms with Gasteiger partial charge >= 0.3 is 0 Å². The van der Waals surface area contributed by atoms with Crippen LogP contribution in [-0.2, 0) is 6.42 Å². The van der Waals surface area contributed by atoms with Crippen molar-refractivity contribution in [3.63, 3.8) is 0 Å². The molecule has 0 radical (unpaired) electrons. The lowest BCUT2D eigenvalue weighted by atomic mass is 9.94. The summed E-state index contributed by atoms with van der Waals surface area (Å²) < 4.78 is 0. The van der Waals surface area contributed by atoms with Crippen LogP contribution in [0.1, 0.15) is 37.7 Å². The van der Waals surface area contributed by atoms with Crippen molar-refractivity contribution >= 4 is 0 Å². The van der Waals surface area contributed by atoms with Gasteiger partial charge in [0.15, 0.2) is 0 Å². The van der Waals surface area contributed by atoms with Crippen LogP contribution in [0.3, 0.4) is 0 Å². The highest BCUT2D eigenvalue weighted by Crippen LogP contribution is 2.18. The molecule has 1 aliphatic carbocycles. The minimum atomic E-state index is 0.209.